The molecule has 0 aromatic rings. The summed E-state index contributed by atoms with van der Waals surface area (Å²) in [6.45, 7) is 4.92. The van der Waals surface area contributed by atoms with Gasteiger partial charge in [0.05, 0.1) is 11.6 Å². The van der Waals surface area contributed by atoms with Crippen LogP contribution in [0, 0.1) is 11.3 Å². The average molecular weight is 189 g/mol. The molecule has 14 heavy (non-hydrogen) atoms. The van der Waals surface area contributed by atoms with E-state index in [9.17, 15) is 4.79 Å². The van der Waals surface area contributed by atoms with Gasteiger partial charge in [0.25, 0.3) is 0 Å². The molecule has 0 aliphatic carbocycles. The van der Waals surface area contributed by atoms with Crippen molar-refractivity contribution in [2.24, 2.45) is 0 Å². The molecular weight excluding hydrogens is 178 g/mol. The molecule has 0 saturated carbocycles. The van der Waals surface area contributed by atoms with Gasteiger partial charge in [0.2, 0.25) is 0 Å². The van der Waals surface area contributed by atoms with E-state index < -0.39 is 5.97 Å². The number of nitrogens with zero attached hydrogens (tertiary/aromatic N) is 1. The number of allylic oxidation sites excluding steroid dienone is 6. The summed E-state index contributed by atoms with van der Waals surface area (Å²) in [7, 11) is 0. The summed E-state index contributed by atoms with van der Waals surface area (Å²) in [5.74, 6) is -0.994. The number of carbonyl (C=O) groups is 1. The van der Waals surface area contributed by atoms with Crippen LogP contribution in [0.15, 0.2) is 48.1 Å². The second-order valence-electron chi connectivity index (χ2n) is 2.48. The van der Waals surface area contributed by atoms with Gasteiger partial charge in [-0.15, -0.1) is 0 Å². The molecule has 0 aliphatic heterocycles. The summed E-state index contributed by atoms with van der Waals surface area (Å²) in [4.78, 5) is 10.4. The molecule has 0 unspecified atom stereocenters. The first-order chi connectivity index (χ1) is 6.61. The fourth-order valence-corrected chi connectivity index (χ4v) is 0.588. The van der Waals surface area contributed by atoms with Crippen molar-refractivity contribution in [3.8, 4) is 6.07 Å². The lowest BCUT2D eigenvalue weighted by Crippen LogP contribution is -1.94. The quantitative estimate of drug-likeness (QED) is 0.419. The van der Waals surface area contributed by atoms with Crippen LogP contribution in [0.5, 0.6) is 0 Å². The van der Waals surface area contributed by atoms with Crippen LogP contribution < -0.4 is 0 Å². The minimum Gasteiger partial charge on any atom is -0.478 e. The van der Waals surface area contributed by atoms with Gasteiger partial charge < -0.3 is 5.11 Å². The van der Waals surface area contributed by atoms with E-state index in [4.69, 9.17) is 10.4 Å². The van der Waals surface area contributed by atoms with E-state index in [0.717, 1.165) is 0 Å². The van der Waals surface area contributed by atoms with E-state index in [1.54, 1.807) is 18.2 Å². The van der Waals surface area contributed by atoms with Gasteiger partial charge in [0.15, 0.2) is 0 Å². The van der Waals surface area contributed by atoms with Gasteiger partial charge in [-0.1, -0.05) is 24.8 Å². The molecule has 0 amide bonds. The predicted octanol–water partition coefficient (Wildman–Crippen LogP) is 2.21. The Morgan fingerprint density at radius 2 is 2.14 bits per heavy atom. The Morgan fingerprint density at radius 1 is 1.50 bits per heavy atom. The van der Waals surface area contributed by atoms with Gasteiger partial charge in [-0.3, -0.25) is 0 Å². The highest BCUT2D eigenvalue weighted by atomic mass is 16.4. The molecule has 0 spiro atoms. The lowest BCUT2D eigenvalue weighted by molar-refractivity contribution is -0.132. The monoisotopic (exact) mass is 189 g/mol. The van der Waals surface area contributed by atoms with Crippen LogP contribution in [-0.2, 0) is 4.79 Å². The van der Waals surface area contributed by atoms with Crippen LogP contribution in [0.25, 0.3) is 0 Å². The third-order valence-electron chi connectivity index (χ3n) is 1.39. The van der Waals surface area contributed by atoms with Crippen LogP contribution in [0.4, 0.5) is 0 Å². The molecular formula is C11H11NO2. The standard InChI is InChI=1S/C11H11NO2/c1-3-4-5-10(8-12)7-6-9(2)11(13)14/h3-7H,1H2,2H3,(H,13,14). The van der Waals surface area contributed by atoms with E-state index in [1.807, 2.05) is 6.07 Å². The molecule has 0 bridgehead atoms. The van der Waals surface area contributed by atoms with Crippen LogP contribution >= 0.6 is 0 Å². The largest absolute Gasteiger partial charge is 0.478 e. The molecule has 1 N–H and O–H groups in total. The van der Waals surface area contributed by atoms with Gasteiger partial charge in [-0.25, -0.2) is 4.79 Å². The van der Waals surface area contributed by atoms with Crippen molar-refractivity contribution in [3.63, 3.8) is 0 Å². The van der Waals surface area contributed by atoms with Crippen LogP contribution in [0.2, 0.25) is 0 Å². The molecule has 0 radical (unpaired) electrons. The Bertz CT molecular complexity index is 354. The van der Waals surface area contributed by atoms with Crippen molar-refractivity contribution in [2.45, 2.75) is 6.92 Å². The minimum atomic E-state index is -0.994. The number of rotatable bonds is 4. The smallest absolute Gasteiger partial charge is 0.331 e. The Balaban J connectivity index is 4.72. The third-order valence-corrected chi connectivity index (χ3v) is 1.39. The molecule has 3 heteroatoms. The Hall–Kier alpha value is -2.08. The topological polar surface area (TPSA) is 61.1 Å². The highest BCUT2D eigenvalue weighted by molar-refractivity contribution is 5.86. The molecule has 0 fully saturated rings. The van der Waals surface area contributed by atoms with E-state index in [1.165, 1.54) is 19.1 Å². The van der Waals surface area contributed by atoms with Crippen molar-refractivity contribution < 1.29 is 9.90 Å². The number of hydrogen-bond acceptors (Lipinski definition) is 2. The maximum Gasteiger partial charge on any atom is 0.331 e. The van der Waals surface area contributed by atoms with E-state index in [0.29, 0.717) is 5.57 Å². The zero-order valence-corrected chi connectivity index (χ0v) is 7.90. The fraction of sp³-hybridized carbons (Fsp3) is 0.0909. The van der Waals surface area contributed by atoms with Crippen molar-refractivity contribution in [1.82, 2.24) is 0 Å². The number of aliphatic carboxylic acids is 1. The number of nitriles is 1. The van der Waals surface area contributed by atoms with Gasteiger partial charge >= 0.3 is 5.97 Å². The third kappa shape index (κ3) is 4.73. The van der Waals surface area contributed by atoms with E-state index >= 15 is 0 Å². The molecule has 0 rings (SSSR count). The van der Waals surface area contributed by atoms with Crippen LogP contribution in [-0.4, -0.2) is 11.1 Å². The highest BCUT2D eigenvalue weighted by Crippen LogP contribution is 1.99. The summed E-state index contributed by atoms with van der Waals surface area (Å²) < 4.78 is 0. The maximum absolute atomic E-state index is 10.4. The molecule has 3 nitrogen and oxygen atoms in total. The predicted molar refractivity (Wildman–Crippen MR) is 54.4 cm³/mol. The molecule has 0 saturated heterocycles. The summed E-state index contributed by atoms with van der Waals surface area (Å²) >= 11 is 0. The van der Waals surface area contributed by atoms with Crippen molar-refractivity contribution in [2.75, 3.05) is 0 Å². The van der Waals surface area contributed by atoms with Crippen LogP contribution in [0.3, 0.4) is 0 Å². The lowest BCUT2D eigenvalue weighted by atomic mass is 10.2. The second-order valence-corrected chi connectivity index (χ2v) is 2.48. The minimum absolute atomic E-state index is 0.185. The molecule has 0 aliphatic rings. The summed E-state index contributed by atoms with van der Waals surface area (Å²) in [6, 6.07) is 1.92. The van der Waals surface area contributed by atoms with Gasteiger partial charge in [0.1, 0.15) is 0 Å². The summed E-state index contributed by atoms with van der Waals surface area (Å²) in [5.41, 5.74) is 0.565. The average Bonchev–Trinajstić information content (AvgIpc) is 2.17. The molecule has 0 heterocycles. The first-order valence-corrected chi connectivity index (χ1v) is 3.93. The zero-order chi connectivity index (χ0) is 11.0. The SMILES string of the molecule is C=CC=CC(C#N)=CC=C(C)C(=O)O. The highest BCUT2D eigenvalue weighted by Gasteiger charge is 1.96. The van der Waals surface area contributed by atoms with E-state index in [-0.39, 0.29) is 5.57 Å². The Kier molecular flexibility index (Phi) is 5.48. The molecule has 0 aromatic heterocycles. The first kappa shape index (κ1) is 11.9. The van der Waals surface area contributed by atoms with Crippen molar-refractivity contribution in [3.05, 3.63) is 48.1 Å². The van der Waals surface area contributed by atoms with E-state index in [2.05, 4.69) is 6.58 Å². The second kappa shape index (κ2) is 6.44. The number of carboxylic acids is 1. The molecule has 0 aromatic carbocycles. The van der Waals surface area contributed by atoms with Crippen molar-refractivity contribution >= 4 is 5.97 Å². The summed E-state index contributed by atoms with van der Waals surface area (Å²) in [6.07, 6.45) is 7.54. The van der Waals surface area contributed by atoms with Gasteiger partial charge in [-0.2, -0.15) is 5.26 Å². The fourth-order valence-electron chi connectivity index (χ4n) is 0.588. The molecule has 72 valence electrons. The zero-order valence-electron chi connectivity index (χ0n) is 7.90. The summed E-state index contributed by atoms with van der Waals surface area (Å²) in [5, 5.41) is 17.2. The molecule has 0 atom stereocenters. The number of carboxylic acid groups (broad SMARTS) is 1. The Morgan fingerprint density at radius 3 is 2.57 bits per heavy atom. The van der Waals surface area contributed by atoms with Crippen molar-refractivity contribution in [1.29, 1.82) is 5.26 Å². The van der Waals surface area contributed by atoms with Gasteiger partial charge in [-0.05, 0) is 19.1 Å². The van der Waals surface area contributed by atoms with Crippen LogP contribution in [0.1, 0.15) is 6.92 Å². The first-order valence-electron chi connectivity index (χ1n) is 3.93. The lowest BCUT2D eigenvalue weighted by Gasteiger charge is -1.88. The Labute approximate surface area is 83.0 Å². The number of hydrogen-bond donors (Lipinski definition) is 1. The van der Waals surface area contributed by atoms with Gasteiger partial charge in [0, 0.05) is 5.57 Å². The maximum atomic E-state index is 10.4. The normalized spacial score (nSPS) is 12.6.